The molecule has 1 heterocycles. The number of aromatic nitrogens is 1. The third kappa shape index (κ3) is 2.09. The largest absolute Gasteiger partial charge is 0.307 e. The smallest absolute Gasteiger partial charge is 0.0271 e. The quantitative estimate of drug-likeness (QED) is 0.900. The van der Waals surface area contributed by atoms with E-state index >= 15 is 0 Å². The van der Waals surface area contributed by atoms with Gasteiger partial charge < -0.3 is 5.32 Å². The fourth-order valence-corrected chi connectivity index (χ4v) is 6.44. The molecule has 0 aromatic carbocycles. The van der Waals surface area contributed by atoms with Gasteiger partial charge >= 0.3 is 0 Å². The molecule has 4 aliphatic rings. The molecule has 1 aromatic rings. The van der Waals surface area contributed by atoms with E-state index in [0.717, 1.165) is 12.5 Å². The summed E-state index contributed by atoms with van der Waals surface area (Å²) in [4.78, 5) is 4.11. The number of pyridine rings is 1. The van der Waals surface area contributed by atoms with Crippen LogP contribution in [0.1, 0.15) is 57.9 Å². The first-order valence-electron chi connectivity index (χ1n) is 8.12. The zero-order valence-corrected chi connectivity index (χ0v) is 12.8. The monoisotopic (exact) mass is 270 g/mol. The summed E-state index contributed by atoms with van der Waals surface area (Å²) in [5, 5.41) is 3.97. The van der Waals surface area contributed by atoms with Crippen LogP contribution < -0.4 is 5.32 Å². The Morgan fingerprint density at radius 3 is 2.30 bits per heavy atom. The van der Waals surface area contributed by atoms with Crippen LogP contribution in [0.3, 0.4) is 0 Å². The van der Waals surface area contributed by atoms with Gasteiger partial charge in [-0.1, -0.05) is 13.8 Å². The highest BCUT2D eigenvalue weighted by Gasteiger charge is 2.59. The lowest BCUT2D eigenvalue weighted by molar-refractivity contribution is -0.118. The van der Waals surface area contributed by atoms with Crippen molar-refractivity contribution in [3.05, 3.63) is 30.1 Å². The highest BCUT2D eigenvalue weighted by molar-refractivity contribution is 5.16. The van der Waals surface area contributed by atoms with Gasteiger partial charge in [0.1, 0.15) is 0 Å². The summed E-state index contributed by atoms with van der Waals surface area (Å²) < 4.78 is 0. The summed E-state index contributed by atoms with van der Waals surface area (Å²) in [5.41, 5.74) is 2.97. The van der Waals surface area contributed by atoms with Crippen LogP contribution in [0.25, 0.3) is 0 Å². The van der Waals surface area contributed by atoms with Crippen LogP contribution in [0.15, 0.2) is 24.5 Å². The SMILES string of the molecule is C[C@]12CC3CC(NCc4ccncc4)(C1)C[C@@](C)(C3)C2. The van der Waals surface area contributed by atoms with Crippen LogP contribution in [-0.4, -0.2) is 10.5 Å². The predicted molar refractivity (Wildman–Crippen MR) is 81.2 cm³/mol. The highest BCUT2D eigenvalue weighted by Crippen LogP contribution is 2.66. The van der Waals surface area contributed by atoms with Crippen molar-refractivity contribution in [2.24, 2.45) is 16.7 Å². The molecule has 4 atom stereocenters. The molecule has 2 unspecified atom stereocenters. The predicted octanol–water partition coefficient (Wildman–Crippen LogP) is 3.92. The number of rotatable bonds is 3. The summed E-state index contributed by atoms with van der Waals surface area (Å²) in [6.07, 6.45) is 12.4. The molecule has 2 nitrogen and oxygen atoms in total. The second kappa shape index (κ2) is 4.07. The topological polar surface area (TPSA) is 24.9 Å². The van der Waals surface area contributed by atoms with Gasteiger partial charge in [-0.2, -0.15) is 0 Å². The molecule has 4 saturated carbocycles. The third-order valence-corrected chi connectivity index (χ3v) is 6.04. The van der Waals surface area contributed by atoms with Crippen molar-refractivity contribution < 1.29 is 0 Å². The molecule has 4 bridgehead atoms. The van der Waals surface area contributed by atoms with E-state index in [0.29, 0.717) is 16.4 Å². The standard InChI is InChI=1S/C18H26N2/c1-16-7-15-8-17(2,11-16)13-18(9-15,12-16)20-10-14-3-5-19-6-4-14/h3-6,15,20H,7-13H2,1-2H3/t15?,16-,17+,18?. The molecule has 20 heavy (non-hydrogen) atoms. The third-order valence-electron chi connectivity index (χ3n) is 6.04. The van der Waals surface area contributed by atoms with E-state index in [4.69, 9.17) is 0 Å². The molecule has 0 amide bonds. The van der Waals surface area contributed by atoms with Gasteiger partial charge in [0.05, 0.1) is 0 Å². The van der Waals surface area contributed by atoms with Crippen LogP contribution in [0, 0.1) is 16.7 Å². The molecule has 0 saturated heterocycles. The average molecular weight is 270 g/mol. The first kappa shape index (κ1) is 12.8. The van der Waals surface area contributed by atoms with Crippen LogP contribution in [0.4, 0.5) is 0 Å². The van der Waals surface area contributed by atoms with Gasteiger partial charge in [0, 0.05) is 24.5 Å². The van der Waals surface area contributed by atoms with Crippen molar-refractivity contribution in [1.29, 1.82) is 0 Å². The summed E-state index contributed by atoms with van der Waals surface area (Å²) in [5.74, 6) is 0.964. The maximum atomic E-state index is 4.11. The molecule has 4 fully saturated rings. The van der Waals surface area contributed by atoms with Crippen molar-refractivity contribution in [2.75, 3.05) is 0 Å². The molecular weight excluding hydrogens is 244 g/mol. The van der Waals surface area contributed by atoms with Gasteiger partial charge in [-0.25, -0.2) is 0 Å². The Bertz CT molecular complexity index is 491. The fourth-order valence-electron chi connectivity index (χ4n) is 6.44. The minimum absolute atomic E-state index is 0.409. The molecule has 0 spiro atoms. The van der Waals surface area contributed by atoms with Gasteiger partial charge in [-0.05, 0) is 73.0 Å². The Hall–Kier alpha value is -0.890. The van der Waals surface area contributed by atoms with Gasteiger partial charge in [0.25, 0.3) is 0 Å². The Morgan fingerprint density at radius 1 is 1.05 bits per heavy atom. The lowest BCUT2D eigenvalue weighted by Gasteiger charge is -2.65. The number of hydrogen-bond acceptors (Lipinski definition) is 2. The first-order valence-corrected chi connectivity index (χ1v) is 8.12. The summed E-state index contributed by atoms with van der Waals surface area (Å²) in [6.45, 7) is 6.08. The second-order valence-electron chi connectivity index (χ2n) is 8.62. The van der Waals surface area contributed by atoms with E-state index in [1.807, 2.05) is 12.4 Å². The maximum absolute atomic E-state index is 4.11. The minimum Gasteiger partial charge on any atom is -0.307 e. The molecule has 4 aliphatic carbocycles. The molecule has 1 aromatic heterocycles. The van der Waals surface area contributed by atoms with Crippen molar-refractivity contribution in [3.63, 3.8) is 0 Å². The van der Waals surface area contributed by atoms with Crippen molar-refractivity contribution in [2.45, 2.75) is 64.5 Å². The van der Waals surface area contributed by atoms with E-state index in [1.165, 1.54) is 44.1 Å². The van der Waals surface area contributed by atoms with E-state index in [-0.39, 0.29) is 0 Å². The number of nitrogens with zero attached hydrogens (tertiary/aromatic N) is 1. The lowest BCUT2D eigenvalue weighted by Crippen LogP contribution is -2.63. The van der Waals surface area contributed by atoms with Crippen LogP contribution in [0.5, 0.6) is 0 Å². The molecule has 0 aliphatic heterocycles. The zero-order chi connectivity index (χ0) is 13.8. The van der Waals surface area contributed by atoms with Crippen LogP contribution in [-0.2, 0) is 6.54 Å². The first-order chi connectivity index (χ1) is 9.49. The van der Waals surface area contributed by atoms with Crippen molar-refractivity contribution >= 4 is 0 Å². The minimum atomic E-state index is 0.409. The molecule has 2 heteroatoms. The van der Waals surface area contributed by atoms with E-state index in [9.17, 15) is 0 Å². The molecular formula is C18H26N2. The Morgan fingerprint density at radius 2 is 1.70 bits per heavy atom. The lowest BCUT2D eigenvalue weighted by atomic mass is 9.43. The fraction of sp³-hybridized carbons (Fsp3) is 0.722. The Labute approximate surface area is 122 Å². The van der Waals surface area contributed by atoms with Crippen molar-refractivity contribution in [1.82, 2.24) is 10.3 Å². The van der Waals surface area contributed by atoms with Crippen LogP contribution in [0.2, 0.25) is 0 Å². The van der Waals surface area contributed by atoms with E-state index in [2.05, 4.69) is 36.3 Å². The summed E-state index contributed by atoms with van der Waals surface area (Å²) in [6, 6.07) is 4.27. The normalized spacial score (nSPS) is 45.8. The molecule has 108 valence electrons. The summed E-state index contributed by atoms with van der Waals surface area (Å²) >= 11 is 0. The summed E-state index contributed by atoms with van der Waals surface area (Å²) in [7, 11) is 0. The van der Waals surface area contributed by atoms with Gasteiger partial charge in [0.15, 0.2) is 0 Å². The van der Waals surface area contributed by atoms with Crippen molar-refractivity contribution in [3.8, 4) is 0 Å². The van der Waals surface area contributed by atoms with Crippen LogP contribution >= 0.6 is 0 Å². The maximum Gasteiger partial charge on any atom is 0.0271 e. The van der Waals surface area contributed by atoms with Gasteiger partial charge in [-0.3, -0.25) is 4.98 Å². The van der Waals surface area contributed by atoms with Gasteiger partial charge in [0.2, 0.25) is 0 Å². The molecule has 1 N–H and O–H groups in total. The molecule has 5 rings (SSSR count). The Balaban J connectivity index is 1.55. The highest BCUT2D eigenvalue weighted by atomic mass is 15.0. The number of hydrogen-bond donors (Lipinski definition) is 1. The second-order valence-corrected chi connectivity index (χ2v) is 8.62. The van der Waals surface area contributed by atoms with Gasteiger partial charge in [-0.15, -0.1) is 0 Å². The number of nitrogens with one attached hydrogen (secondary N) is 1. The van der Waals surface area contributed by atoms with E-state index < -0.39 is 0 Å². The Kier molecular flexibility index (Phi) is 2.61. The molecule has 0 radical (unpaired) electrons. The average Bonchev–Trinajstić information content (AvgIpc) is 2.33. The van der Waals surface area contributed by atoms with E-state index in [1.54, 1.807) is 0 Å². The zero-order valence-electron chi connectivity index (χ0n) is 12.8.